The van der Waals surface area contributed by atoms with Crippen molar-refractivity contribution in [3.05, 3.63) is 58.9 Å². The van der Waals surface area contributed by atoms with Crippen molar-refractivity contribution < 1.29 is 4.79 Å². The van der Waals surface area contributed by atoms with Crippen LogP contribution in [-0.2, 0) is 6.54 Å². The van der Waals surface area contributed by atoms with E-state index in [-0.39, 0.29) is 5.78 Å². The number of ketones is 1. The molecule has 1 aromatic carbocycles. The van der Waals surface area contributed by atoms with E-state index in [1.165, 1.54) is 0 Å². The van der Waals surface area contributed by atoms with Gasteiger partial charge in [-0.3, -0.25) is 4.79 Å². The Balaban J connectivity index is 2.10. The SMILES string of the molecule is CC(=O)c1cccn1CC#Cc1ccc(Cl)cc1. The minimum absolute atomic E-state index is 0.0493. The molecular weight excluding hydrogens is 246 g/mol. The molecule has 0 unspecified atom stereocenters. The van der Waals surface area contributed by atoms with Crippen LogP contribution in [0.3, 0.4) is 0 Å². The Labute approximate surface area is 111 Å². The Bertz CT molecular complexity index is 614. The van der Waals surface area contributed by atoms with Crippen LogP contribution in [0, 0.1) is 11.8 Å². The summed E-state index contributed by atoms with van der Waals surface area (Å²) in [5, 5.41) is 0.699. The number of carbonyl (C=O) groups excluding carboxylic acids is 1. The molecule has 0 spiro atoms. The van der Waals surface area contributed by atoms with Crippen molar-refractivity contribution in [1.29, 1.82) is 0 Å². The molecule has 0 radical (unpaired) electrons. The lowest BCUT2D eigenvalue weighted by molar-refractivity contribution is 0.100. The van der Waals surface area contributed by atoms with Gasteiger partial charge in [-0.2, -0.15) is 0 Å². The standard InChI is InChI=1S/C15H12ClNO/c1-12(18)15-5-3-11-17(15)10-2-4-13-6-8-14(16)9-7-13/h3,5-9,11H,10H2,1H3. The van der Waals surface area contributed by atoms with E-state index >= 15 is 0 Å². The Morgan fingerprint density at radius 3 is 2.67 bits per heavy atom. The number of aromatic nitrogens is 1. The van der Waals surface area contributed by atoms with Crippen molar-refractivity contribution in [3.63, 3.8) is 0 Å². The van der Waals surface area contributed by atoms with Crippen LogP contribution in [0.15, 0.2) is 42.6 Å². The van der Waals surface area contributed by atoms with Gasteiger partial charge in [-0.05, 0) is 36.4 Å². The third kappa shape index (κ3) is 3.03. The summed E-state index contributed by atoms with van der Waals surface area (Å²) >= 11 is 5.79. The van der Waals surface area contributed by atoms with Crippen LogP contribution in [0.5, 0.6) is 0 Å². The van der Waals surface area contributed by atoms with Gasteiger partial charge in [0.25, 0.3) is 0 Å². The van der Waals surface area contributed by atoms with Gasteiger partial charge in [0.15, 0.2) is 5.78 Å². The normalized spacial score (nSPS) is 9.67. The van der Waals surface area contributed by atoms with E-state index in [1.54, 1.807) is 13.0 Å². The Kier molecular flexibility index (Phi) is 3.86. The average Bonchev–Trinajstić information content (AvgIpc) is 2.80. The van der Waals surface area contributed by atoms with Crippen LogP contribution in [0.4, 0.5) is 0 Å². The molecule has 0 fully saturated rings. The van der Waals surface area contributed by atoms with Gasteiger partial charge in [-0.15, -0.1) is 0 Å². The number of nitrogens with zero attached hydrogens (tertiary/aromatic N) is 1. The number of benzene rings is 1. The Morgan fingerprint density at radius 2 is 2.00 bits per heavy atom. The van der Waals surface area contributed by atoms with Crippen molar-refractivity contribution >= 4 is 17.4 Å². The second kappa shape index (κ2) is 5.57. The maximum absolute atomic E-state index is 11.3. The number of hydrogen-bond acceptors (Lipinski definition) is 1. The van der Waals surface area contributed by atoms with E-state index < -0.39 is 0 Å². The molecule has 1 aromatic heterocycles. The van der Waals surface area contributed by atoms with Gasteiger partial charge < -0.3 is 4.57 Å². The summed E-state index contributed by atoms with van der Waals surface area (Å²) in [6.07, 6.45) is 1.85. The summed E-state index contributed by atoms with van der Waals surface area (Å²) in [4.78, 5) is 11.3. The lowest BCUT2D eigenvalue weighted by Gasteiger charge is -2.00. The van der Waals surface area contributed by atoms with Crippen LogP contribution in [0.2, 0.25) is 5.02 Å². The summed E-state index contributed by atoms with van der Waals surface area (Å²) in [6, 6.07) is 11.0. The summed E-state index contributed by atoms with van der Waals surface area (Å²) in [5.74, 6) is 6.12. The molecule has 0 amide bonds. The summed E-state index contributed by atoms with van der Waals surface area (Å²) in [6.45, 7) is 2.06. The van der Waals surface area contributed by atoms with E-state index in [1.807, 2.05) is 41.1 Å². The molecule has 0 aliphatic heterocycles. The van der Waals surface area contributed by atoms with E-state index in [9.17, 15) is 4.79 Å². The predicted octanol–water partition coefficient (Wildman–Crippen LogP) is 3.40. The fourth-order valence-electron chi connectivity index (χ4n) is 1.63. The van der Waals surface area contributed by atoms with Crippen LogP contribution in [0.1, 0.15) is 23.0 Å². The summed E-state index contributed by atoms with van der Waals surface area (Å²) < 4.78 is 1.84. The van der Waals surface area contributed by atoms with Gasteiger partial charge in [-0.25, -0.2) is 0 Å². The number of halogens is 1. The number of rotatable bonds is 2. The fraction of sp³-hybridized carbons (Fsp3) is 0.133. The number of hydrogen-bond donors (Lipinski definition) is 0. The van der Waals surface area contributed by atoms with E-state index in [0.717, 1.165) is 5.56 Å². The quantitative estimate of drug-likeness (QED) is 0.597. The van der Waals surface area contributed by atoms with Crippen molar-refractivity contribution in [2.24, 2.45) is 0 Å². The molecule has 0 aliphatic rings. The highest BCUT2D eigenvalue weighted by Gasteiger charge is 2.03. The molecule has 0 N–H and O–H groups in total. The molecular formula is C15H12ClNO. The number of carbonyl (C=O) groups is 1. The van der Waals surface area contributed by atoms with Gasteiger partial charge in [0.05, 0.1) is 12.2 Å². The van der Waals surface area contributed by atoms with Gasteiger partial charge in [0, 0.05) is 23.7 Å². The third-order valence-corrected chi connectivity index (χ3v) is 2.77. The maximum Gasteiger partial charge on any atom is 0.176 e. The first kappa shape index (κ1) is 12.5. The van der Waals surface area contributed by atoms with Crippen LogP contribution in [-0.4, -0.2) is 10.4 Å². The zero-order valence-corrected chi connectivity index (χ0v) is 10.7. The highest BCUT2D eigenvalue weighted by molar-refractivity contribution is 6.30. The van der Waals surface area contributed by atoms with Crippen molar-refractivity contribution in [2.45, 2.75) is 13.5 Å². The lowest BCUT2D eigenvalue weighted by atomic mass is 10.2. The van der Waals surface area contributed by atoms with Crippen LogP contribution in [0.25, 0.3) is 0 Å². The van der Waals surface area contributed by atoms with Crippen molar-refractivity contribution in [3.8, 4) is 11.8 Å². The molecule has 90 valence electrons. The van der Waals surface area contributed by atoms with E-state index in [4.69, 9.17) is 11.6 Å². The minimum atomic E-state index is 0.0493. The van der Waals surface area contributed by atoms with Crippen molar-refractivity contribution in [1.82, 2.24) is 4.57 Å². The molecule has 2 rings (SSSR count). The second-order valence-corrected chi connectivity index (χ2v) is 4.32. The lowest BCUT2D eigenvalue weighted by Crippen LogP contribution is -2.04. The molecule has 1 heterocycles. The van der Waals surface area contributed by atoms with Gasteiger partial charge in [0.2, 0.25) is 0 Å². The van der Waals surface area contributed by atoms with Crippen molar-refractivity contribution in [2.75, 3.05) is 0 Å². The predicted molar refractivity (Wildman–Crippen MR) is 72.8 cm³/mol. The van der Waals surface area contributed by atoms with E-state index in [0.29, 0.717) is 17.3 Å². The molecule has 3 heteroatoms. The number of Topliss-reactive ketones (excluding diaryl/α,β-unsaturated/α-hetero) is 1. The zero-order chi connectivity index (χ0) is 13.0. The summed E-state index contributed by atoms with van der Waals surface area (Å²) in [5.41, 5.74) is 1.59. The highest BCUT2D eigenvalue weighted by atomic mass is 35.5. The van der Waals surface area contributed by atoms with Gasteiger partial charge in [0.1, 0.15) is 0 Å². The molecule has 18 heavy (non-hydrogen) atoms. The van der Waals surface area contributed by atoms with Gasteiger partial charge >= 0.3 is 0 Å². The minimum Gasteiger partial charge on any atom is -0.333 e. The Morgan fingerprint density at radius 1 is 1.28 bits per heavy atom. The molecule has 2 aromatic rings. The molecule has 2 nitrogen and oxygen atoms in total. The van der Waals surface area contributed by atoms with Crippen LogP contribution >= 0.6 is 11.6 Å². The third-order valence-electron chi connectivity index (χ3n) is 2.52. The van der Waals surface area contributed by atoms with E-state index in [2.05, 4.69) is 11.8 Å². The first-order valence-electron chi connectivity index (χ1n) is 5.57. The maximum atomic E-state index is 11.3. The monoisotopic (exact) mass is 257 g/mol. The van der Waals surface area contributed by atoms with Gasteiger partial charge in [-0.1, -0.05) is 23.4 Å². The fourth-order valence-corrected chi connectivity index (χ4v) is 1.76. The first-order chi connectivity index (χ1) is 8.66. The Hall–Kier alpha value is -1.98. The van der Waals surface area contributed by atoms with Crippen LogP contribution < -0.4 is 0 Å². The molecule has 0 saturated carbocycles. The smallest absolute Gasteiger partial charge is 0.176 e. The average molecular weight is 258 g/mol. The molecule has 0 aliphatic carbocycles. The zero-order valence-electron chi connectivity index (χ0n) is 9.98. The molecule has 0 saturated heterocycles. The summed E-state index contributed by atoms with van der Waals surface area (Å²) in [7, 11) is 0. The highest BCUT2D eigenvalue weighted by Crippen LogP contribution is 2.08. The molecule has 0 atom stereocenters. The topological polar surface area (TPSA) is 22.0 Å². The second-order valence-electron chi connectivity index (χ2n) is 3.89. The first-order valence-corrected chi connectivity index (χ1v) is 5.95. The molecule has 0 bridgehead atoms. The largest absolute Gasteiger partial charge is 0.333 e.